The van der Waals surface area contributed by atoms with Crippen LogP contribution in [0.4, 0.5) is 28.7 Å². The van der Waals surface area contributed by atoms with E-state index in [4.69, 9.17) is 5.73 Å². The van der Waals surface area contributed by atoms with Gasteiger partial charge in [0.2, 0.25) is 5.95 Å². The summed E-state index contributed by atoms with van der Waals surface area (Å²) in [7, 11) is -8.35. The van der Waals surface area contributed by atoms with Crippen molar-refractivity contribution in [2.24, 2.45) is 10.2 Å². The molecule has 0 aliphatic heterocycles. The van der Waals surface area contributed by atoms with Crippen molar-refractivity contribution in [3.05, 3.63) is 54.1 Å². The summed E-state index contributed by atoms with van der Waals surface area (Å²) in [6.07, 6.45) is 0. The van der Waals surface area contributed by atoms with Crippen molar-refractivity contribution in [3.8, 4) is 5.75 Å². The number of nitrogen functional groups attached to an aromatic ring is 1. The van der Waals surface area contributed by atoms with Gasteiger partial charge in [0.25, 0.3) is 0 Å². The van der Waals surface area contributed by atoms with Crippen molar-refractivity contribution in [3.63, 3.8) is 0 Å². The molecule has 1 heterocycles. The second-order valence-electron chi connectivity index (χ2n) is 7.84. The number of benzene rings is 3. The fraction of sp³-hybridized carbons (Fsp3) is 0.0952. The summed E-state index contributed by atoms with van der Waals surface area (Å²) < 4.78 is 58.6. The Labute approximate surface area is 213 Å². The molecule has 4 aromatic rings. The maximum atomic E-state index is 10.5. The summed E-state index contributed by atoms with van der Waals surface area (Å²) in [5.74, 6) is 0.688. The van der Waals surface area contributed by atoms with Crippen molar-refractivity contribution < 1.29 is 32.4 Å². The number of aromatic hydroxyl groups is 1. The molecule has 0 fully saturated rings. The minimum atomic E-state index is -4.26. The Hall–Kier alpha value is -3.61. The Bertz CT molecular complexity index is 1520. The number of nitrogens with zero attached hydrogens (tertiary/aromatic N) is 5. The van der Waals surface area contributed by atoms with E-state index in [1.54, 1.807) is 13.8 Å². The first kappa shape index (κ1) is 26.5. The number of phenols is 1. The van der Waals surface area contributed by atoms with E-state index in [1.165, 1.54) is 36.4 Å². The lowest BCUT2D eigenvalue weighted by atomic mass is 10.1. The normalized spacial score (nSPS) is 13.3. The summed E-state index contributed by atoms with van der Waals surface area (Å²) in [4.78, 5) is 11.7. The molecular weight excluding hydrogens is 526 g/mol. The van der Waals surface area contributed by atoms with Gasteiger partial charge in [-0.3, -0.25) is 0 Å². The molecule has 10 N–H and O–H groups in total. The largest absolute Gasteiger partial charge is 0.507 e. The molecule has 16 heteroatoms. The van der Waals surface area contributed by atoms with Crippen LogP contribution in [0, 0.1) is 13.8 Å². The fourth-order valence-electron chi connectivity index (χ4n) is 3.48. The lowest BCUT2D eigenvalue weighted by molar-refractivity contribution is 0.373. The second-order valence-corrected chi connectivity index (χ2v) is 10.8. The number of aromatic nitrogens is 3. The highest BCUT2D eigenvalue weighted by atomic mass is 32.3. The molecular formula is C21H23N7O7S2. The summed E-state index contributed by atoms with van der Waals surface area (Å²) in [6.45, 7) is 3.37. The van der Waals surface area contributed by atoms with Crippen molar-refractivity contribution >= 4 is 61.2 Å². The Morgan fingerprint density at radius 2 is 1.49 bits per heavy atom. The third kappa shape index (κ3) is 5.87. The zero-order valence-corrected chi connectivity index (χ0v) is 20.9. The molecule has 0 bridgehead atoms. The topological polar surface area (TPSA) is 243 Å². The smallest absolute Gasteiger partial charge is 0.230 e. The van der Waals surface area contributed by atoms with Crippen LogP contribution in [0.25, 0.3) is 10.8 Å². The first-order valence-corrected chi connectivity index (χ1v) is 13.3. The van der Waals surface area contributed by atoms with Crippen LogP contribution in [0.1, 0.15) is 11.6 Å². The Morgan fingerprint density at radius 1 is 0.811 bits per heavy atom. The highest BCUT2D eigenvalue weighted by Crippen LogP contribution is 2.51. The zero-order valence-electron chi connectivity index (χ0n) is 19.3. The van der Waals surface area contributed by atoms with E-state index in [0.717, 1.165) is 6.07 Å². The number of nitrogens with two attached hydrogens (primary N) is 1. The van der Waals surface area contributed by atoms with Crippen molar-refractivity contribution in [1.29, 1.82) is 0 Å². The average Bonchev–Trinajstić information content (AvgIpc) is 2.77. The van der Waals surface area contributed by atoms with Gasteiger partial charge in [0.1, 0.15) is 50.5 Å². The maximum absolute atomic E-state index is 10.5. The van der Waals surface area contributed by atoms with Gasteiger partial charge in [-0.15, -0.1) is 10.2 Å². The highest BCUT2D eigenvalue weighted by molar-refractivity contribution is 8.19. The minimum Gasteiger partial charge on any atom is -0.507 e. The first-order valence-electron chi connectivity index (χ1n) is 10.3. The van der Waals surface area contributed by atoms with Crippen molar-refractivity contribution in [2.75, 3.05) is 11.1 Å². The number of hydrogen-bond donors (Lipinski definition) is 9. The van der Waals surface area contributed by atoms with Crippen LogP contribution < -0.4 is 11.1 Å². The van der Waals surface area contributed by atoms with Crippen LogP contribution in [-0.2, 0) is 0 Å². The molecule has 0 aliphatic carbocycles. The molecule has 0 spiro atoms. The van der Waals surface area contributed by atoms with Crippen LogP contribution in [0.3, 0.4) is 0 Å². The standard InChI is InChI=1S/C21H23N7O7S2/c1-10-23-11(2)25-21(24-10)26-13-4-6-16(18(8-13)37(33,34)35)27-28-20-15(22)5-3-12-7-14(36(30,31)32)9-17(29)19(12)20/h3-9,29-35H,22H2,1-2H3,(H,23,24,25,26). The van der Waals surface area contributed by atoms with Gasteiger partial charge in [0.15, 0.2) is 0 Å². The number of azo groups is 1. The quantitative estimate of drug-likeness (QED) is 0.0956. The molecule has 14 nitrogen and oxygen atoms in total. The van der Waals surface area contributed by atoms with Gasteiger partial charge in [-0.1, -0.05) is 6.07 Å². The molecule has 0 saturated carbocycles. The lowest BCUT2D eigenvalue weighted by Crippen LogP contribution is -2.03. The minimum absolute atomic E-state index is 0.0188. The molecule has 0 atom stereocenters. The molecule has 3 aromatic carbocycles. The van der Waals surface area contributed by atoms with Gasteiger partial charge >= 0.3 is 0 Å². The maximum Gasteiger partial charge on any atom is 0.230 e. The predicted octanol–water partition coefficient (Wildman–Crippen LogP) is 6.25. The number of aryl methyl sites for hydroxylation is 2. The number of fused-ring (bicyclic) bond motifs is 1. The Kier molecular flexibility index (Phi) is 6.93. The Morgan fingerprint density at radius 3 is 2.11 bits per heavy atom. The van der Waals surface area contributed by atoms with Gasteiger partial charge < -0.3 is 43.5 Å². The zero-order chi connectivity index (χ0) is 27.1. The number of rotatable bonds is 6. The third-order valence-electron chi connectivity index (χ3n) is 5.02. The van der Waals surface area contributed by atoms with E-state index >= 15 is 0 Å². The fourth-order valence-corrected chi connectivity index (χ4v) is 4.71. The molecule has 0 saturated heterocycles. The number of nitrogens with one attached hydrogen (secondary N) is 1. The van der Waals surface area contributed by atoms with Crippen molar-refractivity contribution in [2.45, 2.75) is 23.6 Å². The SMILES string of the molecule is Cc1nc(C)nc(Nc2ccc(N=Nc3c(N)ccc4cc(S(O)(O)O)cc(O)c34)c(S(O)(O)O)c2)n1. The van der Waals surface area contributed by atoms with Gasteiger partial charge in [-0.2, -0.15) is 9.97 Å². The molecule has 0 amide bonds. The molecule has 1 aromatic heterocycles. The van der Waals surface area contributed by atoms with Crippen LogP contribution in [0.15, 0.2) is 62.5 Å². The van der Waals surface area contributed by atoms with E-state index < -0.39 is 27.5 Å². The summed E-state index contributed by atoms with van der Waals surface area (Å²) in [6, 6.07) is 9.20. The first-order chi connectivity index (χ1) is 17.2. The third-order valence-corrected chi connectivity index (χ3v) is 6.80. The summed E-state index contributed by atoms with van der Waals surface area (Å²) in [5, 5.41) is 21.8. The molecule has 0 aliphatic rings. The van der Waals surface area contributed by atoms with E-state index in [9.17, 15) is 32.4 Å². The van der Waals surface area contributed by atoms with Crippen LogP contribution in [0.5, 0.6) is 5.75 Å². The van der Waals surface area contributed by atoms with Gasteiger partial charge in [-0.05, 0) is 55.6 Å². The van der Waals surface area contributed by atoms with Crippen molar-refractivity contribution in [1.82, 2.24) is 15.0 Å². The molecule has 196 valence electrons. The average molecular weight is 550 g/mol. The van der Waals surface area contributed by atoms with E-state index in [1.807, 2.05) is 0 Å². The second kappa shape index (κ2) is 9.69. The van der Waals surface area contributed by atoms with Gasteiger partial charge in [0, 0.05) is 5.69 Å². The lowest BCUT2D eigenvalue weighted by Gasteiger charge is -2.21. The highest BCUT2D eigenvalue weighted by Gasteiger charge is 2.23. The summed E-state index contributed by atoms with van der Waals surface area (Å²) >= 11 is 0. The van der Waals surface area contributed by atoms with E-state index in [-0.39, 0.29) is 43.6 Å². The van der Waals surface area contributed by atoms with E-state index in [2.05, 4.69) is 30.5 Å². The molecule has 0 unspecified atom stereocenters. The van der Waals surface area contributed by atoms with Crippen LogP contribution >= 0.6 is 21.7 Å². The van der Waals surface area contributed by atoms with Crippen LogP contribution in [-0.4, -0.2) is 47.4 Å². The van der Waals surface area contributed by atoms with E-state index in [0.29, 0.717) is 17.3 Å². The van der Waals surface area contributed by atoms with Crippen LogP contribution in [0.2, 0.25) is 0 Å². The molecule has 0 radical (unpaired) electrons. The molecule has 37 heavy (non-hydrogen) atoms. The molecule has 4 rings (SSSR count). The predicted molar refractivity (Wildman–Crippen MR) is 141 cm³/mol. The van der Waals surface area contributed by atoms with Gasteiger partial charge in [-0.25, -0.2) is 4.98 Å². The number of anilines is 3. The van der Waals surface area contributed by atoms with Gasteiger partial charge in [0.05, 0.1) is 20.9 Å². The Balaban J connectivity index is 1.77. The number of hydrogen-bond acceptors (Lipinski definition) is 14. The number of phenolic OH excluding ortho intramolecular Hbond substituents is 1. The monoisotopic (exact) mass is 549 g/mol. The summed E-state index contributed by atoms with van der Waals surface area (Å²) in [5.41, 5.74) is 6.29.